The second kappa shape index (κ2) is 13.4. The van der Waals surface area contributed by atoms with Crippen molar-refractivity contribution in [2.75, 3.05) is 25.1 Å². The predicted octanol–water partition coefficient (Wildman–Crippen LogP) is 7.72. The lowest BCUT2D eigenvalue weighted by molar-refractivity contribution is -0.144. The molecule has 48 heavy (non-hydrogen) atoms. The lowest BCUT2D eigenvalue weighted by atomic mass is 9.59. The number of nitrogens with one attached hydrogen (secondary N) is 1. The summed E-state index contributed by atoms with van der Waals surface area (Å²) in [6, 6.07) is 13.6. The molecule has 3 aromatic rings. The van der Waals surface area contributed by atoms with Gasteiger partial charge in [-0.15, -0.1) is 0 Å². The van der Waals surface area contributed by atoms with E-state index in [1.807, 2.05) is 24.4 Å². The lowest BCUT2D eigenvalue weighted by Gasteiger charge is -2.47. The molecule has 1 spiro atoms. The number of aliphatic hydroxyl groups is 1. The maximum atomic E-state index is 12.9. The average molecular weight is 675 g/mol. The Labute approximate surface area is 288 Å². The molecular formula is C39H47ClN2O6. The van der Waals surface area contributed by atoms with Gasteiger partial charge in [0.15, 0.2) is 11.5 Å². The van der Waals surface area contributed by atoms with E-state index in [9.17, 15) is 15.0 Å². The summed E-state index contributed by atoms with van der Waals surface area (Å²) in [7, 11) is 0. The molecule has 2 heterocycles. The number of fused-ring (bicyclic) bond motifs is 4. The van der Waals surface area contributed by atoms with Crippen molar-refractivity contribution >= 4 is 23.3 Å². The Hall–Kier alpha value is -3.49. The first-order valence-corrected chi connectivity index (χ1v) is 18.0. The number of halogens is 1. The topological polar surface area (TPSA) is 110 Å². The number of anilines is 1. The van der Waals surface area contributed by atoms with Gasteiger partial charge in [-0.3, -0.25) is 4.98 Å². The van der Waals surface area contributed by atoms with Crippen LogP contribution in [-0.2, 0) is 23.1 Å². The van der Waals surface area contributed by atoms with Crippen LogP contribution in [0.3, 0.4) is 0 Å². The molecule has 0 saturated heterocycles. The Bertz CT molecular complexity index is 1650. The molecule has 2 aromatic carbocycles. The van der Waals surface area contributed by atoms with Crippen LogP contribution in [0.15, 0.2) is 48.7 Å². The number of carbonyl (C=O) groups is 1. The zero-order valence-electron chi connectivity index (χ0n) is 28.0. The number of pyridine rings is 1. The third kappa shape index (κ3) is 6.22. The van der Waals surface area contributed by atoms with E-state index in [1.165, 1.54) is 28.8 Å². The Kier molecular flexibility index (Phi) is 9.24. The van der Waals surface area contributed by atoms with E-state index in [2.05, 4.69) is 36.3 Å². The molecule has 3 aliphatic carbocycles. The SMILES string of the molecule is C[C@@H](COc1ccnc2c1[C@H](C)CCC2)C[C@H]1Cc2cc3c(cc2C12CCC(Nc1cccc(Cl)c1)(C(=O)O)CC2)OCC[C@@H](CO)O3. The second-order valence-corrected chi connectivity index (χ2v) is 15.1. The molecule has 1 fully saturated rings. The van der Waals surface area contributed by atoms with Gasteiger partial charge >= 0.3 is 5.97 Å². The van der Waals surface area contributed by atoms with E-state index in [0.717, 1.165) is 50.0 Å². The highest BCUT2D eigenvalue weighted by molar-refractivity contribution is 6.30. The zero-order valence-corrected chi connectivity index (χ0v) is 28.7. The van der Waals surface area contributed by atoms with Gasteiger partial charge in [0.1, 0.15) is 17.4 Å². The number of rotatable bonds is 9. The van der Waals surface area contributed by atoms with Gasteiger partial charge in [0.05, 0.1) is 19.8 Å². The minimum atomic E-state index is -1.09. The molecule has 1 aliphatic heterocycles. The van der Waals surface area contributed by atoms with E-state index >= 15 is 0 Å². The van der Waals surface area contributed by atoms with Crippen molar-refractivity contribution in [1.82, 2.24) is 4.98 Å². The molecule has 8 nitrogen and oxygen atoms in total. The van der Waals surface area contributed by atoms with E-state index < -0.39 is 11.5 Å². The highest BCUT2D eigenvalue weighted by Gasteiger charge is 2.54. The van der Waals surface area contributed by atoms with Crippen molar-refractivity contribution in [1.29, 1.82) is 0 Å². The summed E-state index contributed by atoms with van der Waals surface area (Å²) in [4.78, 5) is 17.6. The largest absolute Gasteiger partial charge is 0.493 e. The van der Waals surface area contributed by atoms with Gasteiger partial charge in [-0.1, -0.05) is 31.5 Å². The minimum Gasteiger partial charge on any atom is -0.493 e. The summed E-state index contributed by atoms with van der Waals surface area (Å²) in [6.07, 6.45) is 9.80. The third-order valence-corrected chi connectivity index (χ3v) is 11.8. The second-order valence-electron chi connectivity index (χ2n) is 14.7. The standard InChI is InChI=1S/C39H47ClN2O6/c1-24(23-47-33-9-15-41-32-8-3-5-25(2)36(32)33)17-27-18-26-19-35-34(46-16-10-30(22-43)48-35)21-31(26)38(27)11-13-39(14-12-38,37(44)45)42-29-7-4-6-28(40)20-29/h4,6-7,9,15,19-21,24-25,27,30,42-43H,3,5,8,10-14,16-18,22-23H2,1-2H3,(H,44,45)/t24-,25-,27+,30+,38?,39?/m1/s1. The van der Waals surface area contributed by atoms with Crippen molar-refractivity contribution in [2.45, 2.75) is 101 Å². The Morgan fingerprint density at radius 1 is 1.15 bits per heavy atom. The summed E-state index contributed by atoms with van der Waals surface area (Å²) in [6.45, 7) is 5.58. The molecular weight excluding hydrogens is 628 g/mol. The number of hydrogen-bond donors (Lipinski definition) is 3. The highest BCUT2D eigenvalue weighted by atomic mass is 35.5. The van der Waals surface area contributed by atoms with Crippen LogP contribution < -0.4 is 19.5 Å². The van der Waals surface area contributed by atoms with Gasteiger partial charge in [0.2, 0.25) is 0 Å². The Balaban J connectivity index is 1.16. The van der Waals surface area contributed by atoms with Crippen LogP contribution >= 0.6 is 11.6 Å². The van der Waals surface area contributed by atoms with Gasteiger partial charge in [-0.2, -0.15) is 0 Å². The van der Waals surface area contributed by atoms with Gasteiger partial charge in [0, 0.05) is 34.6 Å². The Morgan fingerprint density at radius 2 is 1.98 bits per heavy atom. The van der Waals surface area contributed by atoms with Crippen LogP contribution in [0.5, 0.6) is 17.2 Å². The molecule has 0 radical (unpaired) electrons. The summed E-state index contributed by atoms with van der Waals surface area (Å²) < 4.78 is 19.0. The number of aryl methyl sites for hydroxylation is 1. The van der Waals surface area contributed by atoms with Crippen LogP contribution in [0.2, 0.25) is 5.02 Å². The molecule has 0 amide bonds. The first-order chi connectivity index (χ1) is 23.2. The molecule has 1 saturated carbocycles. The van der Waals surface area contributed by atoms with Crippen LogP contribution in [0, 0.1) is 11.8 Å². The van der Waals surface area contributed by atoms with Crippen LogP contribution in [0.25, 0.3) is 0 Å². The third-order valence-electron chi connectivity index (χ3n) is 11.5. The smallest absolute Gasteiger partial charge is 0.329 e. The number of nitrogens with zero attached hydrogens (tertiary/aromatic N) is 1. The summed E-state index contributed by atoms with van der Waals surface area (Å²) in [5, 5.41) is 24.4. The molecule has 0 unspecified atom stereocenters. The number of aliphatic carboxylic acids is 1. The Morgan fingerprint density at radius 3 is 2.75 bits per heavy atom. The number of hydrogen-bond acceptors (Lipinski definition) is 7. The molecule has 3 N–H and O–H groups in total. The van der Waals surface area contributed by atoms with Crippen LogP contribution in [0.1, 0.15) is 93.5 Å². The van der Waals surface area contributed by atoms with Gasteiger partial charge in [0.25, 0.3) is 0 Å². The summed E-state index contributed by atoms with van der Waals surface area (Å²) in [5.41, 5.74) is 4.36. The van der Waals surface area contributed by atoms with E-state index in [4.69, 9.17) is 25.8 Å². The van der Waals surface area contributed by atoms with Crippen molar-refractivity contribution in [2.24, 2.45) is 11.8 Å². The fourth-order valence-corrected chi connectivity index (χ4v) is 9.18. The molecule has 0 bridgehead atoms. The van der Waals surface area contributed by atoms with Crippen molar-refractivity contribution in [3.05, 3.63) is 76.1 Å². The molecule has 256 valence electrons. The summed E-state index contributed by atoms with van der Waals surface area (Å²) >= 11 is 6.27. The number of ether oxygens (including phenoxy) is 3. The fourth-order valence-electron chi connectivity index (χ4n) is 8.99. The van der Waals surface area contributed by atoms with E-state index in [0.29, 0.717) is 60.8 Å². The summed E-state index contributed by atoms with van der Waals surface area (Å²) in [5.74, 6) is 2.56. The number of benzene rings is 2. The van der Waals surface area contributed by atoms with Crippen molar-refractivity contribution in [3.63, 3.8) is 0 Å². The average Bonchev–Trinajstić information content (AvgIpc) is 3.20. The maximum absolute atomic E-state index is 12.9. The normalized spacial score (nSPS) is 28.2. The molecule has 9 heteroatoms. The molecule has 4 atom stereocenters. The first-order valence-electron chi connectivity index (χ1n) is 17.6. The van der Waals surface area contributed by atoms with Crippen LogP contribution in [-0.4, -0.2) is 52.6 Å². The number of carboxylic acids is 1. The lowest BCUT2D eigenvalue weighted by Crippen LogP contribution is -2.53. The van der Waals surface area contributed by atoms with Gasteiger partial charge < -0.3 is 29.7 Å². The number of aliphatic hydroxyl groups excluding tert-OH is 1. The van der Waals surface area contributed by atoms with E-state index in [1.54, 1.807) is 12.1 Å². The minimum absolute atomic E-state index is 0.0552. The maximum Gasteiger partial charge on any atom is 0.329 e. The van der Waals surface area contributed by atoms with Crippen LogP contribution in [0.4, 0.5) is 5.69 Å². The quantitative estimate of drug-likeness (QED) is 0.212. The molecule has 1 aromatic heterocycles. The van der Waals surface area contributed by atoms with E-state index in [-0.39, 0.29) is 24.0 Å². The van der Waals surface area contributed by atoms with Crippen molar-refractivity contribution < 1.29 is 29.2 Å². The first kappa shape index (κ1) is 33.0. The predicted molar refractivity (Wildman–Crippen MR) is 186 cm³/mol. The fraction of sp³-hybridized carbons (Fsp3) is 0.538. The molecule has 4 aliphatic rings. The highest BCUT2D eigenvalue weighted by Crippen LogP contribution is 2.58. The zero-order chi connectivity index (χ0) is 33.5. The van der Waals surface area contributed by atoms with Crippen molar-refractivity contribution in [3.8, 4) is 17.2 Å². The number of carboxylic acid groups (broad SMARTS) is 1. The van der Waals surface area contributed by atoms with Gasteiger partial charge in [-0.05, 0) is 128 Å². The number of aromatic nitrogens is 1. The van der Waals surface area contributed by atoms with Gasteiger partial charge in [-0.25, -0.2) is 4.79 Å². The monoisotopic (exact) mass is 674 g/mol. The molecule has 7 rings (SSSR count).